The van der Waals surface area contributed by atoms with E-state index < -0.39 is 17.8 Å². The maximum Gasteiger partial charge on any atom is 0.335 e. The molecule has 0 aromatic heterocycles. The summed E-state index contributed by atoms with van der Waals surface area (Å²) in [6.07, 6.45) is 0. The van der Waals surface area contributed by atoms with Gasteiger partial charge >= 0.3 is 12.0 Å². The number of carbonyl (C=O) groups is 2. The molecule has 0 atom stereocenters. The van der Waals surface area contributed by atoms with Gasteiger partial charge in [-0.3, -0.25) is 0 Å². The zero-order valence-corrected chi connectivity index (χ0v) is 9.92. The van der Waals surface area contributed by atoms with Crippen LogP contribution in [-0.4, -0.2) is 23.7 Å². The molecule has 0 aliphatic rings. The maximum absolute atomic E-state index is 13.4. The van der Waals surface area contributed by atoms with E-state index in [2.05, 4.69) is 17.2 Å². The second kappa shape index (κ2) is 6.02. The summed E-state index contributed by atoms with van der Waals surface area (Å²) in [5.74, 6) is -2.09. The van der Waals surface area contributed by atoms with Crippen molar-refractivity contribution in [2.24, 2.45) is 0 Å². The number of anilines is 1. The number of benzene rings is 1. The standard InChI is InChI=1S/C11H10ClFN2O3/c1-6(12)5-14-11(18)15-9-3-2-7(10(16)17)4-8(9)13/h2-4H,1,5H2,(H,16,17)(H2,14,15,18). The second-order valence-electron chi connectivity index (χ2n) is 3.32. The van der Waals surface area contributed by atoms with E-state index in [0.717, 1.165) is 12.1 Å². The highest BCUT2D eigenvalue weighted by Crippen LogP contribution is 2.15. The molecule has 0 saturated carbocycles. The van der Waals surface area contributed by atoms with Gasteiger partial charge in [-0.25, -0.2) is 14.0 Å². The van der Waals surface area contributed by atoms with E-state index in [9.17, 15) is 14.0 Å². The first kappa shape index (κ1) is 14.0. The Morgan fingerprint density at radius 2 is 2.11 bits per heavy atom. The van der Waals surface area contributed by atoms with E-state index in [0.29, 0.717) is 0 Å². The fraction of sp³-hybridized carbons (Fsp3) is 0.0909. The summed E-state index contributed by atoms with van der Waals surface area (Å²) in [7, 11) is 0. The molecule has 0 heterocycles. The maximum atomic E-state index is 13.4. The largest absolute Gasteiger partial charge is 0.478 e. The average molecular weight is 273 g/mol. The number of amides is 2. The van der Waals surface area contributed by atoms with Crippen LogP contribution in [0.2, 0.25) is 0 Å². The summed E-state index contributed by atoms with van der Waals surface area (Å²) in [5.41, 5.74) is -0.328. The van der Waals surface area contributed by atoms with Crippen LogP contribution in [0.1, 0.15) is 10.4 Å². The van der Waals surface area contributed by atoms with Crippen molar-refractivity contribution in [1.82, 2.24) is 5.32 Å². The minimum Gasteiger partial charge on any atom is -0.478 e. The molecule has 1 aromatic carbocycles. The first-order chi connectivity index (χ1) is 8.40. The van der Waals surface area contributed by atoms with Crippen LogP contribution in [0, 0.1) is 5.82 Å². The molecule has 1 rings (SSSR count). The molecule has 0 spiro atoms. The lowest BCUT2D eigenvalue weighted by atomic mass is 10.2. The van der Waals surface area contributed by atoms with E-state index in [1.165, 1.54) is 6.07 Å². The summed E-state index contributed by atoms with van der Waals surface area (Å²) in [5, 5.41) is 13.4. The fourth-order valence-corrected chi connectivity index (χ4v) is 1.16. The van der Waals surface area contributed by atoms with Gasteiger partial charge in [-0.2, -0.15) is 0 Å². The molecule has 3 N–H and O–H groups in total. The Balaban J connectivity index is 2.70. The lowest BCUT2D eigenvalue weighted by Gasteiger charge is -2.08. The van der Waals surface area contributed by atoms with Crippen LogP contribution in [0.25, 0.3) is 0 Å². The van der Waals surface area contributed by atoms with Crippen LogP contribution in [0.5, 0.6) is 0 Å². The summed E-state index contributed by atoms with van der Waals surface area (Å²) < 4.78 is 13.4. The third-order valence-electron chi connectivity index (χ3n) is 1.90. The number of hydrogen-bond acceptors (Lipinski definition) is 2. The topological polar surface area (TPSA) is 78.4 Å². The smallest absolute Gasteiger partial charge is 0.335 e. The summed E-state index contributed by atoms with van der Waals surface area (Å²) in [6, 6.07) is 2.49. The fourth-order valence-electron chi connectivity index (χ4n) is 1.09. The van der Waals surface area contributed by atoms with Crippen molar-refractivity contribution in [1.29, 1.82) is 0 Å². The number of urea groups is 1. The minimum absolute atomic E-state index is 0.0439. The van der Waals surface area contributed by atoms with Crippen LogP contribution in [-0.2, 0) is 0 Å². The van der Waals surface area contributed by atoms with Crippen molar-refractivity contribution in [3.63, 3.8) is 0 Å². The highest BCUT2D eigenvalue weighted by molar-refractivity contribution is 6.29. The molecule has 0 fully saturated rings. The van der Waals surface area contributed by atoms with Gasteiger partial charge in [0.05, 0.1) is 17.8 Å². The number of carboxylic acid groups (broad SMARTS) is 1. The van der Waals surface area contributed by atoms with Gasteiger partial charge in [0.15, 0.2) is 0 Å². The number of rotatable bonds is 4. The quantitative estimate of drug-likeness (QED) is 0.787. The Kier molecular flexibility index (Phi) is 4.67. The summed E-state index contributed by atoms with van der Waals surface area (Å²) in [6.45, 7) is 3.41. The summed E-state index contributed by atoms with van der Waals surface area (Å²) >= 11 is 5.44. The van der Waals surface area contributed by atoms with Gasteiger partial charge in [-0.05, 0) is 18.2 Å². The van der Waals surface area contributed by atoms with E-state index in [4.69, 9.17) is 16.7 Å². The third-order valence-corrected chi connectivity index (χ3v) is 2.04. The van der Waals surface area contributed by atoms with Crippen LogP contribution >= 0.6 is 11.6 Å². The lowest BCUT2D eigenvalue weighted by Crippen LogP contribution is -2.29. The van der Waals surface area contributed by atoms with Gasteiger partial charge in [0, 0.05) is 5.03 Å². The van der Waals surface area contributed by atoms with Gasteiger partial charge < -0.3 is 15.7 Å². The zero-order chi connectivity index (χ0) is 13.7. The zero-order valence-electron chi connectivity index (χ0n) is 9.17. The second-order valence-corrected chi connectivity index (χ2v) is 3.86. The Morgan fingerprint density at radius 1 is 1.44 bits per heavy atom. The SMILES string of the molecule is C=C(Cl)CNC(=O)Nc1ccc(C(=O)O)cc1F. The predicted molar refractivity (Wildman–Crippen MR) is 65.4 cm³/mol. The Bertz CT molecular complexity index is 505. The molecule has 2 amide bonds. The minimum atomic E-state index is -1.25. The number of halogens is 2. The van der Waals surface area contributed by atoms with Gasteiger partial charge in [-0.1, -0.05) is 18.2 Å². The highest BCUT2D eigenvalue weighted by Gasteiger charge is 2.10. The first-order valence-corrected chi connectivity index (χ1v) is 5.19. The first-order valence-electron chi connectivity index (χ1n) is 4.81. The molecule has 0 aliphatic carbocycles. The Labute approximate surface area is 107 Å². The van der Waals surface area contributed by atoms with Gasteiger partial charge in [0.2, 0.25) is 0 Å². The van der Waals surface area contributed by atoms with Crippen molar-refractivity contribution in [2.45, 2.75) is 0 Å². The number of nitrogens with one attached hydrogen (secondary N) is 2. The van der Waals surface area contributed by atoms with E-state index in [1.54, 1.807) is 0 Å². The van der Waals surface area contributed by atoms with Crippen molar-refractivity contribution < 1.29 is 19.1 Å². The monoisotopic (exact) mass is 272 g/mol. The van der Waals surface area contributed by atoms with E-state index in [-0.39, 0.29) is 22.8 Å². The van der Waals surface area contributed by atoms with Gasteiger partial charge in [0.25, 0.3) is 0 Å². The molecule has 0 radical (unpaired) electrons. The van der Waals surface area contributed by atoms with E-state index in [1.807, 2.05) is 0 Å². The number of carboxylic acids is 1. The van der Waals surface area contributed by atoms with Crippen LogP contribution < -0.4 is 10.6 Å². The van der Waals surface area contributed by atoms with Crippen molar-refractivity contribution in [3.05, 3.63) is 41.2 Å². The average Bonchev–Trinajstić information content (AvgIpc) is 2.29. The number of carbonyl (C=O) groups excluding carboxylic acids is 1. The van der Waals surface area contributed by atoms with Gasteiger partial charge in [0.1, 0.15) is 5.82 Å². The molecule has 0 saturated heterocycles. The van der Waals surface area contributed by atoms with Crippen molar-refractivity contribution >= 4 is 29.3 Å². The molecule has 0 bridgehead atoms. The Morgan fingerprint density at radius 3 is 2.61 bits per heavy atom. The normalized spacial score (nSPS) is 9.67. The predicted octanol–water partition coefficient (Wildman–Crippen LogP) is 2.40. The number of hydrogen-bond donors (Lipinski definition) is 3. The van der Waals surface area contributed by atoms with Crippen molar-refractivity contribution in [3.8, 4) is 0 Å². The molecule has 0 unspecified atom stereocenters. The van der Waals surface area contributed by atoms with Crippen molar-refractivity contribution in [2.75, 3.05) is 11.9 Å². The van der Waals surface area contributed by atoms with Crippen LogP contribution in [0.3, 0.4) is 0 Å². The molecular formula is C11H10ClFN2O3. The molecule has 5 nitrogen and oxygen atoms in total. The third kappa shape index (κ3) is 4.06. The highest BCUT2D eigenvalue weighted by atomic mass is 35.5. The molecule has 1 aromatic rings. The summed E-state index contributed by atoms with van der Waals surface area (Å²) in [4.78, 5) is 21.9. The van der Waals surface area contributed by atoms with Gasteiger partial charge in [-0.15, -0.1) is 0 Å². The molecule has 96 valence electrons. The molecular weight excluding hydrogens is 263 g/mol. The lowest BCUT2D eigenvalue weighted by molar-refractivity contribution is 0.0696. The molecule has 18 heavy (non-hydrogen) atoms. The van der Waals surface area contributed by atoms with Crippen LogP contribution in [0.4, 0.5) is 14.9 Å². The van der Waals surface area contributed by atoms with Crippen LogP contribution in [0.15, 0.2) is 29.8 Å². The molecule has 7 heteroatoms. The van der Waals surface area contributed by atoms with E-state index >= 15 is 0 Å². The molecule has 0 aliphatic heterocycles. The number of aromatic carboxylic acids is 1. The Hall–Kier alpha value is -2.08.